The second-order valence-corrected chi connectivity index (χ2v) is 3.39. The van der Waals surface area contributed by atoms with Gasteiger partial charge in [-0.25, -0.2) is 0 Å². The first-order valence-corrected chi connectivity index (χ1v) is 4.92. The third-order valence-corrected chi connectivity index (χ3v) is 2.13. The molecule has 0 spiro atoms. The van der Waals surface area contributed by atoms with Gasteiger partial charge in [-0.1, -0.05) is 0 Å². The van der Waals surface area contributed by atoms with Crippen molar-refractivity contribution in [2.24, 2.45) is 5.73 Å². The molecule has 0 fully saturated rings. The van der Waals surface area contributed by atoms with Crippen LogP contribution in [0.5, 0.6) is 5.75 Å². The fourth-order valence-corrected chi connectivity index (χ4v) is 1.40. The Bertz CT molecular complexity index is 379. The van der Waals surface area contributed by atoms with E-state index in [0.29, 0.717) is 17.0 Å². The molecule has 0 saturated carbocycles. The molecule has 0 heterocycles. The molecule has 1 rings (SSSR count). The van der Waals surface area contributed by atoms with Crippen molar-refractivity contribution >= 4 is 11.6 Å². The summed E-state index contributed by atoms with van der Waals surface area (Å²) in [6, 6.07) is 5.03. The van der Waals surface area contributed by atoms with Crippen LogP contribution in [0.1, 0.15) is 18.6 Å². The second-order valence-electron chi connectivity index (χ2n) is 3.39. The summed E-state index contributed by atoms with van der Waals surface area (Å²) >= 11 is 0. The molecule has 4 N–H and O–H groups in total. The monoisotopic (exact) mass is 224 g/mol. The van der Waals surface area contributed by atoms with Gasteiger partial charge < -0.3 is 20.9 Å². The molecule has 1 aromatic carbocycles. The highest BCUT2D eigenvalue weighted by Gasteiger charge is 2.12. The predicted molar refractivity (Wildman–Crippen MR) is 61.3 cm³/mol. The zero-order chi connectivity index (χ0) is 12.1. The highest BCUT2D eigenvalue weighted by Crippen LogP contribution is 2.27. The number of nitrogens with one attached hydrogen (secondary N) is 1. The normalized spacial score (nSPS) is 12.0. The van der Waals surface area contributed by atoms with E-state index in [1.807, 2.05) is 0 Å². The van der Waals surface area contributed by atoms with Crippen LogP contribution in [0.15, 0.2) is 18.2 Å². The molecular weight excluding hydrogens is 208 g/mol. The van der Waals surface area contributed by atoms with Gasteiger partial charge in [0.2, 0.25) is 5.91 Å². The van der Waals surface area contributed by atoms with Gasteiger partial charge in [0.1, 0.15) is 5.75 Å². The number of aliphatic hydroxyl groups excluding tert-OH is 1. The van der Waals surface area contributed by atoms with Gasteiger partial charge >= 0.3 is 0 Å². The maximum atomic E-state index is 10.9. The fraction of sp³-hybridized carbons (Fsp3) is 0.364. The van der Waals surface area contributed by atoms with Gasteiger partial charge in [0, 0.05) is 24.7 Å². The molecule has 0 bridgehead atoms. The Balaban J connectivity index is 3.05. The lowest BCUT2D eigenvalue weighted by molar-refractivity contribution is -0.114. The molecule has 5 nitrogen and oxygen atoms in total. The van der Waals surface area contributed by atoms with Crippen LogP contribution in [-0.2, 0) is 4.79 Å². The number of carbonyl (C=O) groups is 1. The van der Waals surface area contributed by atoms with Gasteiger partial charge in [0.05, 0.1) is 13.2 Å². The largest absolute Gasteiger partial charge is 0.496 e. The molecule has 0 aliphatic carbocycles. The average molecular weight is 224 g/mol. The summed E-state index contributed by atoms with van der Waals surface area (Å²) in [6.45, 7) is 1.52. The minimum absolute atomic E-state index is 0.0971. The third-order valence-electron chi connectivity index (χ3n) is 2.13. The number of aliphatic hydroxyl groups is 1. The van der Waals surface area contributed by atoms with Crippen LogP contribution in [0.25, 0.3) is 0 Å². The van der Waals surface area contributed by atoms with Crippen molar-refractivity contribution in [3.8, 4) is 5.75 Å². The summed E-state index contributed by atoms with van der Waals surface area (Å²) in [5, 5.41) is 12.3. The molecule has 5 heteroatoms. The zero-order valence-electron chi connectivity index (χ0n) is 9.36. The van der Waals surface area contributed by atoms with Gasteiger partial charge in [-0.05, 0) is 18.2 Å². The molecule has 0 radical (unpaired) electrons. The number of anilines is 1. The maximum Gasteiger partial charge on any atom is 0.221 e. The van der Waals surface area contributed by atoms with Crippen LogP contribution in [-0.4, -0.2) is 24.7 Å². The number of amides is 1. The number of hydrogen-bond acceptors (Lipinski definition) is 4. The van der Waals surface area contributed by atoms with E-state index in [2.05, 4.69) is 5.32 Å². The van der Waals surface area contributed by atoms with Crippen molar-refractivity contribution in [1.29, 1.82) is 0 Å². The van der Waals surface area contributed by atoms with Crippen LogP contribution in [0.2, 0.25) is 0 Å². The number of benzene rings is 1. The first-order valence-electron chi connectivity index (χ1n) is 4.92. The molecule has 1 amide bonds. The van der Waals surface area contributed by atoms with Crippen LogP contribution >= 0.6 is 0 Å². The Morgan fingerprint density at radius 1 is 1.62 bits per heavy atom. The molecule has 0 aromatic heterocycles. The minimum Gasteiger partial charge on any atom is -0.496 e. The number of hydrogen-bond donors (Lipinski definition) is 3. The summed E-state index contributed by atoms with van der Waals surface area (Å²) in [5.41, 5.74) is 6.56. The number of carbonyl (C=O) groups excluding carboxylic acids is 1. The molecule has 0 aliphatic heterocycles. The van der Waals surface area contributed by atoms with E-state index in [1.54, 1.807) is 18.2 Å². The Hall–Kier alpha value is -1.59. The second kappa shape index (κ2) is 5.48. The van der Waals surface area contributed by atoms with Crippen LogP contribution in [0.4, 0.5) is 5.69 Å². The van der Waals surface area contributed by atoms with Gasteiger partial charge in [0.25, 0.3) is 0 Å². The smallest absolute Gasteiger partial charge is 0.221 e. The van der Waals surface area contributed by atoms with Gasteiger partial charge in [0.15, 0.2) is 0 Å². The van der Waals surface area contributed by atoms with Crippen molar-refractivity contribution in [2.45, 2.75) is 13.0 Å². The molecule has 1 atom stereocenters. The van der Waals surface area contributed by atoms with Gasteiger partial charge in [-0.2, -0.15) is 0 Å². The summed E-state index contributed by atoms with van der Waals surface area (Å²) in [7, 11) is 1.51. The standard InChI is InChI=1S/C11H16N2O3/c1-7(14)13-8-3-4-11(16-2)9(5-8)10(15)6-12/h3-5,10,15H,6,12H2,1-2H3,(H,13,14). The van der Waals surface area contributed by atoms with Crippen molar-refractivity contribution in [2.75, 3.05) is 19.0 Å². The molecule has 88 valence electrons. The van der Waals surface area contributed by atoms with Crippen molar-refractivity contribution in [3.05, 3.63) is 23.8 Å². The van der Waals surface area contributed by atoms with Gasteiger partial charge in [-0.15, -0.1) is 0 Å². The quantitative estimate of drug-likeness (QED) is 0.701. The summed E-state index contributed by atoms with van der Waals surface area (Å²) in [5.74, 6) is 0.380. The number of nitrogens with two attached hydrogens (primary N) is 1. The first-order chi connectivity index (χ1) is 7.58. The Morgan fingerprint density at radius 3 is 2.81 bits per heavy atom. The average Bonchev–Trinajstić information content (AvgIpc) is 2.27. The van der Waals surface area contributed by atoms with Crippen LogP contribution < -0.4 is 15.8 Å². The number of methoxy groups -OCH3 is 1. The highest BCUT2D eigenvalue weighted by molar-refractivity contribution is 5.88. The number of ether oxygens (including phenoxy) is 1. The third kappa shape index (κ3) is 2.95. The summed E-state index contributed by atoms with van der Waals surface area (Å²) in [6.07, 6.45) is -0.802. The topological polar surface area (TPSA) is 84.6 Å². The van der Waals surface area contributed by atoms with Crippen molar-refractivity contribution in [1.82, 2.24) is 0 Å². The molecule has 0 aliphatic rings. The van der Waals surface area contributed by atoms with Crippen LogP contribution in [0, 0.1) is 0 Å². The van der Waals surface area contributed by atoms with E-state index < -0.39 is 6.10 Å². The van der Waals surface area contributed by atoms with Crippen molar-refractivity contribution in [3.63, 3.8) is 0 Å². The first kappa shape index (κ1) is 12.5. The fourth-order valence-electron chi connectivity index (χ4n) is 1.40. The van der Waals surface area contributed by atoms with E-state index in [4.69, 9.17) is 10.5 Å². The van der Waals surface area contributed by atoms with Crippen LogP contribution in [0.3, 0.4) is 0 Å². The van der Waals surface area contributed by atoms with E-state index in [0.717, 1.165) is 0 Å². The van der Waals surface area contributed by atoms with Crippen molar-refractivity contribution < 1.29 is 14.6 Å². The SMILES string of the molecule is COc1ccc(NC(C)=O)cc1C(O)CN. The minimum atomic E-state index is -0.802. The van der Waals surface area contributed by atoms with E-state index >= 15 is 0 Å². The van der Waals surface area contributed by atoms with E-state index in [1.165, 1.54) is 14.0 Å². The Labute approximate surface area is 94.2 Å². The molecule has 0 saturated heterocycles. The molecule has 1 unspecified atom stereocenters. The molecule has 16 heavy (non-hydrogen) atoms. The molecule has 1 aromatic rings. The summed E-state index contributed by atoms with van der Waals surface area (Å²) in [4.78, 5) is 10.9. The van der Waals surface area contributed by atoms with Gasteiger partial charge in [-0.3, -0.25) is 4.79 Å². The Morgan fingerprint density at radius 2 is 2.31 bits per heavy atom. The van der Waals surface area contributed by atoms with E-state index in [-0.39, 0.29) is 12.5 Å². The summed E-state index contributed by atoms with van der Waals surface area (Å²) < 4.78 is 5.10. The Kier molecular flexibility index (Phi) is 4.28. The highest BCUT2D eigenvalue weighted by atomic mass is 16.5. The predicted octanol–water partition coefficient (Wildman–Crippen LogP) is 0.646. The molecular formula is C11H16N2O3. The lowest BCUT2D eigenvalue weighted by atomic mass is 10.1. The zero-order valence-corrected chi connectivity index (χ0v) is 9.36. The number of rotatable bonds is 4. The lowest BCUT2D eigenvalue weighted by Crippen LogP contribution is -2.13. The maximum absolute atomic E-state index is 10.9. The van der Waals surface area contributed by atoms with E-state index in [9.17, 15) is 9.90 Å². The lowest BCUT2D eigenvalue weighted by Gasteiger charge is -2.14.